The highest BCUT2D eigenvalue weighted by molar-refractivity contribution is 5.68. The van der Waals surface area contributed by atoms with Crippen LogP contribution in [-0.2, 0) is 0 Å². The van der Waals surface area contributed by atoms with Gasteiger partial charge in [0.2, 0.25) is 0 Å². The molecule has 0 nitrogen and oxygen atoms in total. The van der Waals surface area contributed by atoms with Gasteiger partial charge in [0.05, 0.1) is 0 Å². The number of hydrogen-bond donors (Lipinski definition) is 0. The standard InChI is InChI=1S/C24H28.C2H6/c1-17(15-22(6)24-10-8-7-9-20(24)4)11-12-19(3)23-14-13-18(2)21(5)16-23;1-2/h7-10,12-14,16H,1,6,11,15H2,2-5H3;1-2H3/b19-12+;. The van der Waals surface area contributed by atoms with Crippen LogP contribution in [0.5, 0.6) is 0 Å². The lowest BCUT2D eigenvalue weighted by atomic mass is 9.94. The van der Waals surface area contributed by atoms with E-state index in [-0.39, 0.29) is 0 Å². The summed E-state index contributed by atoms with van der Waals surface area (Å²) in [5, 5.41) is 0. The van der Waals surface area contributed by atoms with E-state index in [1.165, 1.54) is 39.0 Å². The lowest BCUT2D eigenvalue weighted by Gasteiger charge is -2.11. The molecule has 0 N–H and O–H groups in total. The molecule has 0 aliphatic carbocycles. The topological polar surface area (TPSA) is 0 Å². The maximum Gasteiger partial charge on any atom is -0.00665 e. The molecule has 0 aromatic heterocycles. The van der Waals surface area contributed by atoms with Gasteiger partial charge in [-0.1, -0.05) is 81.1 Å². The fourth-order valence-corrected chi connectivity index (χ4v) is 2.84. The predicted molar refractivity (Wildman–Crippen MR) is 120 cm³/mol. The minimum absolute atomic E-state index is 0.849. The Kier molecular flexibility index (Phi) is 8.85. The third kappa shape index (κ3) is 6.19. The van der Waals surface area contributed by atoms with Crippen molar-refractivity contribution in [2.24, 2.45) is 0 Å². The van der Waals surface area contributed by atoms with Gasteiger partial charge in [-0.05, 0) is 79.5 Å². The molecule has 2 aromatic carbocycles. The van der Waals surface area contributed by atoms with Gasteiger partial charge in [0.25, 0.3) is 0 Å². The van der Waals surface area contributed by atoms with E-state index >= 15 is 0 Å². The van der Waals surface area contributed by atoms with Crippen LogP contribution in [0.1, 0.15) is 61.4 Å². The number of benzene rings is 2. The molecule has 0 aliphatic rings. The Hall–Kier alpha value is -2.34. The van der Waals surface area contributed by atoms with Crippen molar-refractivity contribution < 1.29 is 0 Å². The first-order valence-electron chi connectivity index (χ1n) is 9.53. The molecule has 0 heterocycles. The van der Waals surface area contributed by atoms with E-state index in [0.29, 0.717) is 0 Å². The lowest BCUT2D eigenvalue weighted by Crippen LogP contribution is -1.90. The van der Waals surface area contributed by atoms with E-state index in [0.717, 1.165) is 18.4 Å². The second-order valence-electron chi connectivity index (χ2n) is 6.74. The van der Waals surface area contributed by atoms with Gasteiger partial charge in [-0.3, -0.25) is 0 Å². The number of rotatable bonds is 6. The Bertz CT molecular complexity index is 787. The van der Waals surface area contributed by atoms with E-state index in [9.17, 15) is 0 Å². The summed E-state index contributed by atoms with van der Waals surface area (Å²) in [6.07, 6.45) is 4.02. The summed E-state index contributed by atoms with van der Waals surface area (Å²) in [6, 6.07) is 15.1. The largest absolute Gasteiger partial charge is 0.0992 e. The highest BCUT2D eigenvalue weighted by atomic mass is 14.1. The molecule has 0 fully saturated rings. The molecular weight excluding hydrogens is 312 g/mol. The van der Waals surface area contributed by atoms with Crippen molar-refractivity contribution in [2.45, 2.75) is 54.4 Å². The fraction of sp³-hybridized carbons (Fsp3) is 0.308. The molecule has 0 amide bonds. The summed E-state index contributed by atoms with van der Waals surface area (Å²) < 4.78 is 0. The number of allylic oxidation sites excluding steroid dienone is 4. The van der Waals surface area contributed by atoms with Crippen LogP contribution < -0.4 is 0 Å². The zero-order chi connectivity index (χ0) is 19.7. The second kappa shape index (κ2) is 10.6. The van der Waals surface area contributed by atoms with E-state index in [1.807, 2.05) is 13.8 Å². The minimum Gasteiger partial charge on any atom is -0.0992 e. The minimum atomic E-state index is 0.849. The van der Waals surface area contributed by atoms with Crippen LogP contribution in [0.25, 0.3) is 11.1 Å². The van der Waals surface area contributed by atoms with Gasteiger partial charge in [-0.2, -0.15) is 0 Å². The average molecular weight is 347 g/mol. The smallest absolute Gasteiger partial charge is 0.00665 e. The molecule has 0 radical (unpaired) electrons. The second-order valence-corrected chi connectivity index (χ2v) is 6.74. The molecule has 2 rings (SSSR count). The Morgan fingerprint density at radius 1 is 0.885 bits per heavy atom. The van der Waals surface area contributed by atoms with E-state index in [1.54, 1.807) is 0 Å². The van der Waals surface area contributed by atoms with Gasteiger partial charge in [0, 0.05) is 0 Å². The summed E-state index contributed by atoms with van der Waals surface area (Å²) in [5.41, 5.74) is 10.1. The number of hydrogen-bond acceptors (Lipinski definition) is 0. The molecule has 0 saturated carbocycles. The quantitative estimate of drug-likeness (QED) is 0.463. The molecule has 0 saturated heterocycles. The van der Waals surface area contributed by atoms with E-state index in [4.69, 9.17) is 0 Å². The van der Waals surface area contributed by atoms with Crippen molar-refractivity contribution in [1.29, 1.82) is 0 Å². The molecule has 2 aromatic rings. The van der Waals surface area contributed by atoms with Crippen LogP contribution in [0, 0.1) is 20.8 Å². The summed E-state index contributed by atoms with van der Waals surface area (Å²) in [5.74, 6) is 0. The van der Waals surface area contributed by atoms with Crippen LogP contribution in [-0.4, -0.2) is 0 Å². The van der Waals surface area contributed by atoms with Crippen molar-refractivity contribution in [3.05, 3.63) is 95.1 Å². The van der Waals surface area contributed by atoms with Gasteiger partial charge in [-0.25, -0.2) is 0 Å². The van der Waals surface area contributed by atoms with Gasteiger partial charge in [0.15, 0.2) is 0 Å². The molecule has 0 aliphatic heterocycles. The maximum absolute atomic E-state index is 4.25. The van der Waals surface area contributed by atoms with Crippen molar-refractivity contribution >= 4 is 11.1 Å². The highest BCUT2D eigenvalue weighted by Gasteiger charge is 2.04. The first kappa shape index (κ1) is 21.7. The van der Waals surface area contributed by atoms with Gasteiger partial charge in [0.1, 0.15) is 0 Å². The van der Waals surface area contributed by atoms with Crippen LogP contribution in [0.2, 0.25) is 0 Å². The molecule has 0 spiro atoms. The SMILES string of the molecule is C=C(C/C=C(\C)c1ccc(C)c(C)c1)CC(=C)c1ccccc1C.CC. The highest BCUT2D eigenvalue weighted by Crippen LogP contribution is 2.25. The third-order valence-corrected chi connectivity index (χ3v) is 4.65. The van der Waals surface area contributed by atoms with E-state index in [2.05, 4.69) is 89.4 Å². The Balaban J connectivity index is 0.00000163. The fourth-order valence-electron chi connectivity index (χ4n) is 2.84. The van der Waals surface area contributed by atoms with Crippen molar-refractivity contribution in [3.63, 3.8) is 0 Å². The van der Waals surface area contributed by atoms with Gasteiger partial charge < -0.3 is 0 Å². The zero-order valence-electron chi connectivity index (χ0n) is 17.4. The molecule has 138 valence electrons. The van der Waals surface area contributed by atoms with Crippen LogP contribution >= 0.6 is 0 Å². The van der Waals surface area contributed by atoms with Crippen molar-refractivity contribution in [1.82, 2.24) is 0 Å². The Labute approximate surface area is 161 Å². The monoisotopic (exact) mass is 346 g/mol. The van der Waals surface area contributed by atoms with Crippen molar-refractivity contribution in [2.75, 3.05) is 0 Å². The molecule has 0 unspecified atom stereocenters. The Morgan fingerprint density at radius 2 is 1.54 bits per heavy atom. The first-order chi connectivity index (χ1) is 12.4. The van der Waals surface area contributed by atoms with Gasteiger partial charge >= 0.3 is 0 Å². The average Bonchev–Trinajstić information content (AvgIpc) is 2.64. The van der Waals surface area contributed by atoms with Gasteiger partial charge in [-0.15, -0.1) is 0 Å². The number of aryl methyl sites for hydroxylation is 3. The molecule has 0 heteroatoms. The third-order valence-electron chi connectivity index (χ3n) is 4.65. The molecule has 0 atom stereocenters. The molecule has 26 heavy (non-hydrogen) atoms. The summed E-state index contributed by atoms with van der Waals surface area (Å²) >= 11 is 0. The van der Waals surface area contributed by atoms with Crippen LogP contribution in [0.4, 0.5) is 0 Å². The zero-order valence-corrected chi connectivity index (χ0v) is 17.4. The van der Waals surface area contributed by atoms with Crippen LogP contribution in [0.15, 0.2) is 67.3 Å². The first-order valence-corrected chi connectivity index (χ1v) is 9.53. The predicted octanol–water partition coefficient (Wildman–Crippen LogP) is 8.09. The summed E-state index contributed by atoms with van der Waals surface area (Å²) in [4.78, 5) is 0. The maximum atomic E-state index is 4.25. The van der Waals surface area contributed by atoms with Crippen molar-refractivity contribution in [3.8, 4) is 0 Å². The normalized spacial score (nSPS) is 10.8. The molecule has 0 bridgehead atoms. The van der Waals surface area contributed by atoms with E-state index < -0.39 is 0 Å². The summed E-state index contributed by atoms with van der Waals surface area (Å²) in [7, 11) is 0. The lowest BCUT2D eigenvalue weighted by molar-refractivity contribution is 1.13. The summed E-state index contributed by atoms with van der Waals surface area (Å²) in [6.45, 7) is 21.1. The molecular formula is C26H34. The van der Waals surface area contributed by atoms with Crippen LogP contribution in [0.3, 0.4) is 0 Å². The Morgan fingerprint density at radius 3 is 2.15 bits per heavy atom.